The van der Waals surface area contributed by atoms with E-state index in [0.717, 1.165) is 11.1 Å². The first-order chi connectivity index (χ1) is 15.0. The Hall–Kier alpha value is -4.31. The Morgan fingerprint density at radius 1 is 0.903 bits per heavy atom. The second kappa shape index (κ2) is 10.5. The fourth-order valence-electron chi connectivity index (χ4n) is 2.81. The number of carbonyl (C=O) groups is 2. The van der Waals surface area contributed by atoms with Gasteiger partial charge in [0.25, 0.3) is 5.91 Å². The van der Waals surface area contributed by atoms with Crippen molar-refractivity contribution >= 4 is 17.5 Å². The quantitative estimate of drug-likeness (QED) is 0.557. The fraction of sp³-hybridized carbons (Fsp3) is 0.125. The second-order valence-corrected chi connectivity index (χ2v) is 6.75. The summed E-state index contributed by atoms with van der Waals surface area (Å²) in [4.78, 5) is 23.1. The van der Waals surface area contributed by atoms with Crippen molar-refractivity contribution in [2.75, 3.05) is 11.9 Å². The largest absolute Gasteiger partial charge is 0.489 e. The maximum absolute atomic E-state index is 12.2. The molecule has 3 N–H and O–H groups in total. The number of carbonyl (C=O) groups excluding carboxylic acids is 2. The number of rotatable bonds is 9. The van der Waals surface area contributed by atoms with Gasteiger partial charge in [-0.05, 0) is 47.5 Å². The molecular weight excluding hydrogens is 394 g/mol. The highest BCUT2D eigenvalue weighted by atomic mass is 16.5. The van der Waals surface area contributed by atoms with Gasteiger partial charge in [-0.3, -0.25) is 9.59 Å². The summed E-state index contributed by atoms with van der Waals surface area (Å²) in [6.07, 6.45) is 0.156. The number of nitrogens with two attached hydrogens (primary N) is 1. The molecule has 156 valence electrons. The van der Waals surface area contributed by atoms with Gasteiger partial charge in [0.15, 0.2) is 6.61 Å². The van der Waals surface area contributed by atoms with E-state index in [2.05, 4.69) is 11.4 Å². The fourth-order valence-corrected chi connectivity index (χ4v) is 2.81. The zero-order valence-electron chi connectivity index (χ0n) is 16.7. The standard InChI is InChI=1S/C24H21N3O4/c25-14-18-3-1-4-19(11-18)15-30-22-6-2-5-20(13-22)27-24(29)16-31-21-9-7-17(8-10-21)12-23(26)28/h1-11,13H,12,15-16H2,(H2,26,28)(H,27,29). The Balaban J connectivity index is 1.50. The van der Waals surface area contributed by atoms with Crippen LogP contribution in [0, 0.1) is 11.3 Å². The van der Waals surface area contributed by atoms with Crippen molar-refractivity contribution in [3.8, 4) is 17.6 Å². The van der Waals surface area contributed by atoms with Crippen molar-refractivity contribution in [1.82, 2.24) is 0 Å². The summed E-state index contributed by atoms with van der Waals surface area (Å²) in [6.45, 7) is 0.142. The van der Waals surface area contributed by atoms with E-state index >= 15 is 0 Å². The molecule has 0 saturated heterocycles. The van der Waals surface area contributed by atoms with Crippen LogP contribution in [0.5, 0.6) is 11.5 Å². The van der Waals surface area contributed by atoms with Crippen LogP contribution in [0.4, 0.5) is 5.69 Å². The van der Waals surface area contributed by atoms with Gasteiger partial charge in [0.1, 0.15) is 18.1 Å². The molecule has 0 aliphatic carbocycles. The third kappa shape index (κ3) is 6.91. The zero-order valence-corrected chi connectivity index (χ0v) is 16.7. The molecule has 0 atom stereocenters. The molecule has 31 heavy (non-hydrogen) atoms. The van der Waals surface area contributed by atoms with Gasteiger partial charge in [-0.2, -0.15) is 5.26 Å². The highest BCUT2D eigenvalue weighted by Gasteiger charge is 2.06. The molecule has 0 fully saturated rings. The van der Waals surface area contributed by atoms with Gasteiger partial charge in [0.2, 0.25) is 5.91 Å². The van der Waals surface area contributed by atoms with Crippen LogP contribution in [-0.2, 0) is 22.6 Å². The molecule has 0 aliphatic heterocycles. The summed E-state index contributed by atoms with van der Waals surface area (Å²) in [5.74, 6) is 0.376. The highest BCUT2D eigenvalue weighted by molar-refractivity contribution is 5.92. The summed E-state index contributed by atoms with van der Waals surface area (Å²) >= 11 is 0. The lowest BCUT2D eigenvalue weighted by atomic mass is 10.1. The molecule has 0 aliphatic rings. The first-order valence-electron chi connectivity index (χ1n) is 9.53. The maximum atomic E-state index is 12.2. The van der Waals surface area contributed by atoms with Gasteiger partial charge in [-0.15, -0.1) is 0 Å². The minimum atomic E-state index is -0.407. The number of hydrogen-bond donors (Lipinski definition) is 2. The number of nitriles is 1. The van der Waals surface area contributed by atoms with Gasteiger partial charge in [0, 0.05) is 11.8 Å². The average Bonchev–Trinajstić information content (AvgIpc) is 2.77. The third-order valence-electron chi connectivity index (χ3n) is 4.25. The van der Waals surface area contributed by atoms with Gasteiger partial charge in [-0.25, -0.2) is 0 Å². The smallest absolute Gasteiger partial charge is 0.262 e. The van der Waals surface area contributed by atoms with Crippen LogP contribution in [0.3, 0.4) is 0 Å². The summed E-state index contributed by atoms with van der Waals surface area (Å²) in [7, 11) is 0. The van der Waals surface area contributed by atoms with Gasteiger partial charge < -0.3 is 20.5 Å². The van der Waals surface area contributed by atoms with Crippen LogP contribution >= 0.6 is 0 Å². The SMILES string of the molecule is N#Cc1cccc(COc2cccc(NC(=O)COc3ccc(CC(N)=O)cc3)c2)c1. The lowest BCUT2D eigenvalue weighted by molar-refractivity contribution is -0.118. The van der Waals surface area contributed by atoms with Gasteiger partial charge in [-0.1, -0.05) is 30.3 Å². The van der Waals surface area contributed by atoms with Crippen LogP contribution in [0.15, 0.2) is 72.8 Å². The summed E-state index contributed by atoms with van der Waals surface area (Å²) in [6, 6.07) is 23.1. The van der Waals surface area contributed by atoms with E-state index in [1.54, 1.807) is 66.7 Å². The predicted octanol–water partition coefficient (Wildman–Crippen LogP) is 3.18. The van der Waals surface area contributed by atoms with E-state index in [4.69, 9.17) is 20.5 Å². The van der Waals surface area contributed by atoms with E-state index in [-0.39, 0.29) is 18.9 Å². The predicted molar refractivity (Wildman–Crippen MR) is 115 cm³/mol. The molecule has 0 heterocycles. The number of anilines is 1. The molecule has 0 aromatic heterocycles. The molecule has 2 amide bonds. The summed E-state index contributed by atoms with van der Waals surface area (Å²) in [5, 5.41) is 11.7. The Morgan fingerprint density at radius 3 is 2.42 bits per heavy atom. The lowest BCUT2D eigenvalue weighted by Crippen LogP contribution is -2.20. The van der Waals surface area contributed by atoms with Crippen molar-refractivity contribution in [2.24, 2.45) is 5.73 Å². The van der Waals surface area contributed by atoms with Crippen LogP contribution in [0.1, 0.15) is 16.7 Å². The minimum Gasteiger partial charge on any atom is -0.489 e. The molecular formula is C24H21N3O4. The Labute approximate surface area is 180 Å². The Bertz CT molecular complexity index is 1100. The zero-order chi connectivity index (χ0) is 22.1. The van der Waals surface area contributed by atoms with Crippen molar-refractivity contribution in [3.05, 3.63) is 89.5 Å². The molecule has 3 aromatic rings. The number of amides is 2. The number of ether oxygens (including phenoxy) is 2. The number of benzene rings is 3. The molecule has 0 spiro atoms. The monoisotopic (exact) mass is 415 g/mol. The van der Waals surface area contributed by atoms with Crippen molar-refractivity contribution < 1.29 is 19.1 Å². The van der Waals surface area contributed by atoms with E-state index in [9.17, 15) is 9.59 Å². The minimum absolute atomic E-state index is 0.156. The Morgan fingerprint density at radius 2 is 1.68 bits per heavy atom. The first-order valence-corrected chi connectivity index (χ1v) is 9.53. The Kier molecular flexibility index (Phi) is 7.22. The molecule has 3 aromatic carbocycles. The van der Waals surface area contributed by atoms with Crippen molar-refractivity contribution in [2.45, 2.75) is 13.0 Å². The number of nitrogens with zero attached hydrogens (tertiary/aromatic N) is 1. The average molecular weight is 415 g/mol. The molecule has 7 heteroatoms. The molecule has 0 unspecified atom stereocenters. The lowest BCUT2D eigenvalue weighted by Gasteiger charge is -2.10. The summed E-state index contributed by atoms with van der Waals surface area (Å²) in [5.41, 5.74) is 7.97. The molecule has 0 radical (unpaired) electrons. The van der Waals surface area contributed by atoms with Gasteiger partial charge in [0.05, 0.1) is 18.1 Å². The third-order valence-corrected chi connectivity index (χ3v) is 4.25. The van der Waals surface area contributed by atoms with Crippen LogP contribution in [0.25, 0.3) is 0 Å². The van der Waals surface area contributed by atoms with E-state index < -0.39 is 5.91 Å². The maximum Gasteiger partial charge on any atom is 0.262 e. The molecule has 0 bridgehead atoms. The molecule has 7 nitrogen and oxygen atoms in total. The van der Waals surface area contributed by atoms with E-state index in [1.807, 2.05) is 6.07 Å². The molecule has 0 saturated carbocycles. The highest BCUT2D eigenvalue weighted by Crippen LogP contribution is 2.19. The van der Waals surface area contributed by atoms with E-state index in [0.29, 0.717) is 29.4 Å². The first kappa shape index (κ1) is 21.4. The van der Waals surface area contributed by atoms with Crippen LogP contribution in [0.2, 0.25) is 0 Å². The van der Waals surface area contributed by atoms with Crippen molar-refractivity contribution in [3.63, 3.8) is 0 Å². The number of nitrogens with one attached hydrogen (secondary N) is 1. The van der Waals surface area contributed by atoms with Gasteiger partial charge >= 0.3 is 0 Å². The summed E-state index contributed by atoms with van der Waals surface area (Å²) < 4.78 is 11.2. The van der Waals surface area contributed by atoms with Crippen LogP contribution < -0.4 is 20.5 Å². The molecule has 3 rings (SSSR count). The second-order valence-electron chi connectivity index (χ2n) is 6.75. The normalized spacial score (nSPS) is 10.0. The topological polar surface area (TPSA) is 114 Å². The number of primary amides is 1. The van der Waals surface area contributed by atoms with E-state index in [1.165, 1.54) is 0 Å². The van der Waals surface area contributed by atoms with Crippen LogP contribution in [-0.4, -0.2) is 18.4 Å². The van der Waals surface area contributed by atoms with Crippen molar-refractivity contribution in [1.29, 1.82) is 5.26 Å². The number of hydrogen-bond acceptors (Lipinski definition) is 5.